The molecular weight excluding hydrogens is 1280 g/mol. The van der Waals surface area contributed by atoms with Gasteiger partial charge in [0.15, 0.2) is 11.6 Å². The molecule has 3 atom stereocenters. The van der Waals surface area contributed by atoms with E-state index in [9.17, 15) is 36.3 Å². The maximum absolute atomic E-state index is 13.9. The Bertz CT molecular complexity index is 2930. The van der Waals surface area contributed by atoms with Crippen molar-refractivity contribution in [3.63, 3.8) is 0 Å². The topological polar surface area (TPSA) is 221 Å². The van der Waals surface area contributed by atoms with Gasteiger partial charge in [-0.3, -0.25) is 19.3 Å². The summed E-state index contributed by atoms with van der Waals surface area (Å²) in [4.78, 5) is 48.5. The Morgan fingerprint density at radius 3 is 1.70 bits per heavy atom. The minimum Gasteiger partial charge on any atom is -0.420 e. The molecule has 6 heterocycles. The average Bonchev–Trinajstić information content (AvgIpc) is 1.61. The number of halogens is 5. The number of likely N-dealkylation sites (tertiary alicyclic amines) is 1. The summed E-state index contributed by atoms with van der Waals surface area (Å²) in [6, 6.07) is 12.0. The van der Waals surface area contributed by atoms with Crippen molar-refractivity contribution in [2.45, 2.75) is 159 Å². The van der Waals surface area contributed by atoms with E-state index in [0.29, 0.717) is 129 Å². The second-order valence-corrected chi connectivity index (χ2v) is 26.3. The standard InChI is InChI=1S/C70H104F5N11O12/c1-53-77-79-68(86(53)61-50-59-12-13-60(51-61)85(59)26-18-64(54-8-3-2-4-9-54)76-69(89)56-14-20-70(74,75)21-15-56)55-16-24-83(25-17-55)65(87)11-7-23-82-29-27-81(28-30-82)22-6-5-10-58-52-84(80-78-58)31-33-91-35-37-93-39-41-95-43-45-97-47-46-96-44-42-94-40-38-92-36-34-90-32-19-66(88)98-67-62(72)48-57(71)49-63(67)73/h2-4,8-9,48-49,52,55-56,59-61,64H,5-7,10-47,50-51H2,1H3,(H,76,89)/t59?,60?,61?,64-/m0/s1. The number of fused-ring (bicyclic) bond motifs is 2. The van der Waals surface area contributed by atoms with Gasteiger partial charge in [0.05, 0.1) is 130 Å². The first-order valence-electron chi connectivity index (χ1n) is 35.7. The SMILES string of the molecule is Cc1nnc(C2CCN(C(=O)CCCN3CCN(CCCCc4cn(CCOCCOCCOCCOCCOCCOCCOCCOCCC(=O)Oc5c(F)cc(F)cc5F)nn4)CC3)CC2)n1C1CC2CCC(C1)N2CC[C@H](NC(=O)C1CCC(F)(F)CC1)c1ccccc1. The molecule has 2 amide bonds. The van der Waals surface area contributed by atoms with E-state index in [-0.39, 0.29) is 81.6 Å². The largest absolute Gasteiger partial charge is 0.420 e. The van der Waals surface area contributed by atoms with Crippen LogP contribution >= 0.6 is 0 Å². The number of unbranched alkanes of at least 4 members (excludes halogenated alkanes) is 1. The number of aromatic nitrogens is 6. The highest BCUT2D eigenvalue weighted by molar-refractivity contribution is 5.79. The molecule has 4 aliphatic heterocycles. The Morgan fingerprint density at radius 2 is 1.13 bits per heavy atom. The first-order chi connectivity index (χ1) is 47.7. The number of nitrogens with one attached hydrogen (secondary N) is 1. The van der Waals surface area contributed by atoms with Crippen molar-refractivity contribution < 1.29 is 79.0 Å². The number of hydrogen-bond acceptors (Lipinski definition) is 19. The Kier molecular flexibility index (Phi) is 32.3. The number of piperidine rings is 2. The number of carbonyl (C=O) groups excluding carboxylic acids is 3. The molecule has 0 spiro atoms. The summed E-state index contributed by atoms with van der Waals surface area (Å²) >= 11 is 0. The highest BCUT2D eigenvalue weighted by Gasteiger charge is 2.44. The van der Waals surface area contributed by atoms with Gasteiger partial charge in [0, 0.05) is 113 Å². The number of nitrogens with zero attached hydrogens (tertiary/aromatic N) is 10. The number of rotatable bonds is 45. The second-order valence-electron chi connectivity index (χ2n) is 26.3. The van der Waals surface area contributed by atoms with Gasteiger partial charge in [-0.25, -0.2) is 26.6 Å². The molecule has 4 aromatic rings. The molecule has 9 rings (SSSR count). The number of esters is 1. The molecule has 5 aliphatic rings. The third-order valence-electron chi connectivity index (χ3n) is 19.4. The predicted octanol–water partition coefficient (Wildman–Crippen LogP) is 8.09. The van der Waals surface area contributed by atoms with E-state index >= 15 is 0 Å². The molecule has 0 radical (unpaired) electrons. The van der Waals surface area contributed by atoms with Gasteiger partial charge in [-0.2, -0.15) is 0 Å². The lowest BCUT2D eigenvalue weighted by Gasteiger charge is -2.41. The lowest BCUT2D eigenvalue weighted by molar-refractivity contribution is -0.136. The smallest absolute Gasteiger partial charge is 0.313 e. The molecular formula is C70H104F5N11O12. The fourth-order valence-electron chi connectivity index (χ4n) is 14.0. The van der Waals surface area contributed by atoms with Gasteiger partial charge in [-0.15, -0.1) is 15.3 Å². The van der Waals surface area contributed by atoms with E-state index in [1.165, 1.54) is 0 Å². The maximum atomic E-state index is 13.9. The monoisotopic (exact) mass is 1390 g/mol. The average molecular weight is 1390 g/mol. The van der Waals surface area contributed by atoms with Crippen molar-refractivity contribution in [2.24, 2.45) is 5.92 Å². The van der Waals surface area contributed by atoms with E-state index in [1.54, 1.807) is 0 Å². The lowest BCUT2D eigenvalue weighted by atomic mass is 9.86. The number of piperazine rings is 1. The number of carbonyl (C=O) groups is 3. The molecule has 546 valence electrons. The molecule has 5 fully saturated rings. The van der Waals surface area contributed by atoms with Crippen LogP contribution in [0.25, 0.3) is 0 Å². The van der Waals surface area contributed by atoms with Crippen molar-refractivity contribution in [1.82, 2.24) is 54.7 Å². The van der Waals surface area contributed by atoms with Crippen LogP contribution in [0, 0.1) is 30.3 Å². The molecule has 1 aliphatic carbocycles. The number of ether oxygens (including phenoxy) is 9. The molecule has 1 N–H and O–H groups in total. The van der Waals surface area contributed by atoms with Crippen LogP contribution in [0.2, 0.25) is 0 Å². The van der Waals surface area contributed by atoms with Gasteiger partial charge < -0.3 is 67.2 Å². The summed E-state index contributed by atoms with van der Waals surface area (Å²) in [6.45, 7) is 17.2. The molecule has 98 heavy (non-hydrogen) atoms. The minimum absolute atomic E-state index is 0.0439. The Labute approximate surface area is 573 Å². The zero-order chi connectivity index (χ0) is 68.7. The summed E-state index contributed by atoms with van der Waals surface area (Å²) in [5.41, 5.74) is 2.05. The molecule has 2 unspecified atom stereocenters. The zero-order valence-electron chi connectivity index (χ0n) is 57.2. The molecule has 1 saturated carbocycles. The van der Waals surface area contributed by atoms with Crippen LogP contribution in [0.5, 0.6) is 5.75 Å². The number of hydrogen-bond donors (Lipinski definition) is 1. The third kappa shape index (κ3) is 25.4. The molecule has 28 heteroatoms. The number of amides is 2. The Balaban J connectivity index is 0.515. The van der Waals surface area contributed by atoms with Crippen LogP contribution in [0.1, 0.15) is 144 Å². The normalized spacial score (nSPS) is 19.9. The predicted molar refractivity (Wildman–Crippen MR) is 352 cm³/mol. The highest BCUT2D eigenvalue weighted by atomic mass is 19.3. The first-order valence-corrected chi connectivity index (χ1v) is 35.7. The van der Waals surface area contributed by atoms with E-state index in [0.717, 1.165) is 152 Å². The summed E-state index contributed by atoms with van der Waals surface area (Å²) in [5, 5.41) is 21.4. The zero-order valence-corrected chi connectivity index (χ0v) is 57.2. The van der Waals surface area contributed by atoms with Crippen LogP contribution in [0.15, 0.2) is 48.7 Å². The fraction of sp³-hybridized carbons (Fsp3) is 0.729. The molecule has 2 aromatic heterocycles. The fourth-order valence-corrected chi connectivity index (χ4v) is 14.0. The van der Waals surface area contributed by atoms with Crippen molar-refractivity contribution >= 4 is 17.8 Å². The van der Waals surface area contributed by atoms with E-state index in [2.05, 4.69) is 68.7 Å². The van der Waals surface area contributed by atoms with Crippen LogP contribution in [-0.4, -0.2) is 250 Å². The number of alkyl halides is 2. The van der Waals surface area contributed by atoms with Crippen molar-refractivity contribution in [2.75, 3.05) is 165 Å². The quantitative estimate of drug-likeness (QED) is 0.0191. The Hall–Kier alpha value is -5.66. The van der Waals surface area contributed by atoms with Crippen molar-refractivity contribution in [3.05, 3.63) is 89.0 Å². The van der Waals surface area contributed by atoms with Crippen molar-refractivity contribution in [1.29, 1.82) is 0 Å². The number of aryl methyl sites for hydroxylation is 2. The van der Waals surface area contributed by atoms with Gasteiger partial charge in [0.2, 0.25) is 23.5 Å². The summed E-state index contributed by atoms with van der Waals surface area (Å²) < 4.78 is 121. The van der Waals surface area contributed by atoms with Crippen LogP contribution in [-0.2, 0) is 65.2 Å². The van der Waals surface area contributed by atoms with Crippen molar-refractivity contribution in [3.8, 4) is 5.75 Å². The number of benzene rings is 2. The van der Waals surface area contributed by atoms with Gasteiger partial charge in [-0.1, -0.05) is 35.5 Å². The summed E-state index contributed by atoms with van der Waals surface area (Å²) in [6.07, 6.45) is 13.2. The van der Waals surface area contributed by atoms with Crippen LogP contribution < -0.4 is 10.1 Å². The first kappa shape index (κ1) is 76.5. The summed E-state index contributed by atoms with van der Waals surface area (Å²) in [5.74, 6) is -6.16. The molecule has 23 nitrogen and oxygen atoms in total. The summed E-state index contributed by atoms with van der Waals surface area (Å²) in [7, 11) is 0. The van der Waals surface area contributed by atoms with E-state index < -0.39 is 35.1 Å². The maximum Gasteiger partial charge on any atom is 0.313 e. The molecule has 2 bridgehead atoms. The van der Waals surface area contributed by atoms with Gasteiger partial charge >= 0.3 is 5.97 Å². The second kappa shape index (κ2) is 41.3. The molecule has 2 aromatic carbocycles. The van der Waals surface area contributed by atoms with Gasteiger partial charge in [-0.05, 0) is 109 Å². The molecule has 4 saturated heterocycles. The highest BCUT2D eigenvalue weighted by Crippen LogP contribution is 2.44. The third-order valence-corrected chi connectivity index (χ3v) is 19.4. The Morgan fingerprint density at radius 1 is 0.592 bits per heavy atom. The van der Waals surface area contributed by atoms with Crippen LogP contribution in [0.4, 0.5) is 22.0 Å². The van der Waals surface area contributed by atoms with E-state index in [1.807, 2.05) is 29.1 Å². The lowest BCUT2D eigenvalue weighted by Crippen LogP contribution is -2.47. The van der Waals surface area contributed by atoms with Gasteiger partial charge in [0.25, 0.3) is 0 Å². The van der Waals surface area contributed by atoms with Gasteiger partial charge in [0.1, 0.15) is 17.5 Å². The van der Waals surface area contributed by atoms with Crippen LogP contribution in [0.3, 0.4) is 0 Å². The minimum atomic E-state index is -2.67. The van der Waals surface area contributed by atoms with E-state index in [4.69, 9.17) is 43.0 Å².